The lowest BCUT2D eigenvalue weighted by Crippen LogP contribution is -2.43. The number of benzene rings is 1. The van der Waals surface area contributed by atoms with Gasteiger partial charge in [-0.1, -0.05) is 6.07 Å². The van der Waals surface area contributed by atoms with Gasteiger partial charge in [-0.2, -0.15) is 13.2 Å². The van der Waals surface area contributed by atoms with E-state index in [-0.39, 0.29) is 11.1 Å². The minimum absolute atomic E-state index is 0.0859. The Balaban J connectivity index is 2.52. The van der Waals surface area contributed by atoms with E-state index in [4.69, 9.17) is 0 Å². The zero-order valence-corrected chi connectivity index (χ0v) is 10.7. The third-order valence-electron chi connectivity index (χ3n) is 3.08. The highest BCUT2D eigenvalue weighted by atomic mass is 19.4. The maximum absolute atomic E-state index is 12.6. The quantitative estimate of drug-likeness (QED) is 0.789. The van der Waals surface area contributed by atoms with Crippen molar-refractivity contribution in [3.05, 3.63) is 34.9 Å². The number of nitrogens with zero attached hydrogens (tertiary/aromatic N) is 1. The van der Waals surface area contributed by atoms with Crippen molar-refractivity contribution < 1.29 is 23.1 Å². The van der Waals surface area contributed by atoms with Gasteiger partial charge in [-0.3, -0.25) is 4.79 Å². The second-order valence-corrected chi connectivity index (χ2v) is 5.52. The van der Waals surface area contributed by atoms with Crippen LogP contribution in [0.15, 0.2) is 18.2 Å². The topological polar surface area (TPSA) is 40.5 Å². The number of carbonyl (C=O) groups excluding carboxylic acids is 1. The predicted molar refractivity (Wildman–Crippen MR) is 62.3 cm³/mol. The van der Waals surface area contributed by atoms with E-state index in [1.54, 1.807) is 20.8 Å². The molecule has 0 saturated heterocycles. The minimum Gasteiger partial charge on any atom is -0.369 e. The Morgan fingerprint density at radius 3 is 2.26 bits per heavy atom. The molecule has 6 heteroatoms. The highest BCUT2D eigenvalue weighted by Gasteiger charge is 2.43. The van der Waals surface area contributed by atoms with Gasteiger partial charge in [0.05, 0.1) is 5.56 Å². The molecule has 2 rings (SSSR count). The Kier molecular flexibility index (Phi) is 2.89. The summed E-state index contributed by atoms with van der Waals surface area (Å²) in [7, 11) is 0. The number of hydrogen-bond donors (Lipinski definition) is 1. The number of amides is 1. The SMILES string of the molecule is CC(C)(C)N1C(=O)c2cc(C(F)(F)F)ccc2C1O. The number of fused-ring (bicyclic) bond motifs is 1. The van der Waals surface area contributed by atoms with Crippen LogP contribution in [0.5, 0.6) is 0 Å². The molecule has 1 amide bonds. The first-order valence-electron chi connectivity index (χ1n) is 5.76. The fourth-order valence-corrected chi connectivity index (χ4v) is 2.19. The largest absolute Gasteiger partial charge is 0.416 e. The van der Waals surface area contributed by atoms with E-state index in [2.05, 4.69) is 0 Å². The molecule has 0 bridgehead atoms. The fraction of sp³-hybridized carbons (Fsp3) is 0.462. The van der Waals surface area contributed by atoms with E-state index < -0.39 is 29.4 Å². The van der Waals surface area contributed by atoms with Crippen molar-refractivity contribution in [1.29, 1.82) is 0 Å². The first-order valence-corrected chi connectivity index (χ1v) is 5.76. The number of hydrogen-bond acceptors (Lipinski definition) is 2. The molecule has 19 heavy (non-hydrogen) atoms. The predicted octanol–water partition coefficient (Wildman–Crippen LogP) is 2.95. The second-order valence-electron chi connectivity index (χ2n) is 5.52. The van der Waals surface area contributed by atoms with Crippen LogP contribution in [0.1, 0.15) is 48.5 Å². The first kappa shape index (κ1) is 13.9. The van der Waals surface area contributed by atoms with Crippen molar-refractivity contribution in [3.63, 3.8) is 0 Å². The van der Waals surface area contributed by atoms with Gasteiger partial charge >= 0.3 is 6.18 Å². The van der Waals surface area contributed by atoms with E-state index in [1.165, 1.54) is 4.90 Å². The Morgan fingerprint density at radius 2 is 1.79 bits per heavy atom. The van der Waals surface area contributed by atoms with Crippen molar-refractivity contribution in [1.82, 2.24) is 4.90 Å². The van der Waals surface area contributed by atoms with Gasteiger partial charge in [0.15, 0.2) is 6.23 Å². The standard InChI is InChI=1S/C13H14F3NO2/c1-12(2,3)17-10(18)8-5-4-7(13(14,15)16)6-9(8)11(17)19/h4-6,10,18H,1-3H3. The summed E-state index contributed by atoms with van der Waals surface area (Å²) in [6, 6.07) is 2.83. The normalized spacial score (nSPS) is 19.8. The Bertz CT molecular complexity index is 532. The van der Waals surface area contributed by atoms with Crippen molar-refractivity contribution in [2.45, 2.75) is 38.7 Å². The maximum Gasteiger partial charge on any atom is 0.416 e. The zero-order valence-electron chi connectivity index (χ0n) is 10.7. The molecular formula is C13H14F3NO2. The molecule has 3 nitrogen and oxygen atoms in total. The molecule has 1 heterocycles. The number of rotatable bonds is 0. The second kappa shape index (κ2) is 3.96. The van der Waals surface area contributed by atoms with Gasteiger partial charge in [-0.05, 0) is 32.9 Å². The fourth-order valence-electron chi connectivity index (χ4n) is 2.19. The highest BCUT2D eigenvalue weighted by Crippen LogP contribution is 2.39. The van der Waals surface area contributed by atoms with Gasteiger partial charge in [0.2, 0.25) is 0 Å². The molecule has 0 aromatic heterocycles. The Hall–Kier alpha value is -1.56. The summed E-state index contributed by atoms with van der Waals surface area (Å²) in [6.45, 7) is 5.14. The van der Waals surface area contributed by atoms with Crippen molar-refractivity contribution >= 4 is 5.91 Å². The Labute approximate surface area is 108 Å². The summed E-state index contributed by atoms with van der Waals surface area (Å²) < 4.78 is 37.9. The molecule has 104 valence electrons. The molecule has 1 unspecified atom stereocenters. The van der Waals surface area contributed by atoms with E-state index in [1.807, 2.05) is 0 Å². The summed E-state index contributed by atoms with van der Waals surface area (Å²) in [5.74, 6) is -0.582. The molecule has 0 radical (unpaired) electrons. The molecular weight excluding hydrogens is 259 g/mol. The average Bonchev–Trinajstić information content (AvgIpc) is 2.49. The van der Waals surface area contributed by atoms with Gasteiger partial charge in [0.1, 0.15) is 0 Å². The van der Waals surface area contributed by atoms with Crippen LogP contribution in [0, 0.1) is 0 Å². The lowest BCUT2D eigenvalue weighted by molar-refractivity contribution is -0.137. The number of halogens is 3. The molecule has 1 aromatic carbocycles. The molecule has 1 N–H and O–H groups in total. The summed E-state index contributed by atoms with van der Waals surface area (Å²) in [5, 5.41) is 10.1. The van der Waals surface area contributed by atoms with Gasteiger partial charge in [0, 0.05) is 16.7 Å². The van der Waals surface area contributed by atoms with Gasteiger partial charge < -0.3 is 10.0 Å². The zero-order chi connectivity index (χ0) is 14.6. The number of carbonyl (C=O) groups is 1. The van der Waals surface area contributed by atoms with Crippen LogP contribution in [0.3, 0.4) is 0 Å². The van der Waals surface area contributed by atoms with Crippen LogP contribution >= 0.6 is 0 Å². The summed E-state index contributed by atoms with van der Waals surface area (Å²) in [6.07, 6.45) is -5.71. The van der Waals surface area contributed by atoms with Crippen LogP contribution < -0.4 is 0 Å². The smallest absolute Gasteiger partial charge is 0.369 e. The maximum atomic E-state index is 12.6. The Morgan fingerprint density at radius 1 is 1.21 bits per heavy atom. The van der Waals surface area contributed by atoms with E-state index >= 15 is 0 Å². The number of alkyl halides is 3. The van der Waals surface area contributed by atoms with Crippen LogP contribution in [0.4, 0.5) is 13.2 Å². The monoisotopic (exact) mass is 273 g/mol. The van der Waals surface area contributed by atoms with Crippen molar-refractivity contribution in [3.8, 4) is 0 Å². The van der Waals surface area contributed by atoms with E-state index in [9.17, 15) is 23.1 Å². The van der Waals surface area contributed by atoms with Crippen LogP contribution in [0.2, 0.25) is 0 Å². The average molecular weight is 273 g/mol. The van der Waals surface area contributed by atoms with Crippen LogP contribution in [-0.2, 0) is 6.18 Å². The van der Waals surface area contributed by atoms with Gasteiger partial charge in [-0.15, -0.1) is 0 Å². The van der Waals surface area contributed by atoms with Gasteiger partial charge in [-0.25, -0.2) is 0 Å². The van der Waals surface area contributed by atoms with E-state index in [0.29, 0.717) is 0 Å². The molecule has 1 aromatic rings. The molecule has 0 saturated carbocycles. The molecule has 0 aliphatic carbocycles. The van der Waals surface area contributed by atoms with Crippen molar-refractivity contribution in [2.24, 2.45) is 0 Å². The van der Waals surface area contributed by atoms with E-state index in [0.717, 1.165) is 18.2 Å². The summed E-state index contributed by atoms with van der Waals surface area (Å²) in [5.41, 5.74) is -1.43. The third kappa shape index (κ3) is 2.20. The lowest BCUT2D eigenvalue weighted by Gasteiger charge is -2.34. The minimum atomic E-state index is -4.50. The number of aliphatic hydroxyl groups is 1. The first-order chi connectivity index (χ1) is 8.53. The molecule has 0 spiro atoms. The summed E-state index contributed by atoms with van der Waals surface area (Å²) >= 11 is 0. The summed E-state index contributed by atoms with van der Waals surface area (Å²) in [4.78, 5) is 13.3. The number of aliphatic hydroxyl groups excluding tert-OH is 1. The van der Waals surface area contributed by atoms with Gasteiger partial charge in [0.25, 0.3) is 5.91 Å². The highest BCUT2D eigenvalue weighted by molar-refractivity contribution is 5.99. The van der Waals surface area contributed by atoms with Crippen molar-refractivity contribution in [2.75, 3.05) is 0 Å². The molecule has 1 atom stereocenters. The molecule has 1 aliphatic rings. The molecule has 0 fully saturated rings. The lowest BCUT2D eigenvalue weighted by atomic mass is 10.1. The third-order valence-corrected chi connectivity index (χ3v) is 3.08. The van der Waals surface area contributed by atoms with Crippen LogP contribution in [0.25, 0.3) is 0 Å². The van der Waals surface area contributed by atoms with Crippen LogP contribution in [-0.4, -0.2) is 21.5 Å². The molecule has 1 aliphatic heterocycles.